The van der Waals surface area contributed by atoms with Gasteiger partial charge in [-0.25, -0.2) is 21.8 Å². The van der Waals surface area contributed by atoms with Gasteiger partial charge in [-0.1, -0.05) is 0 Å². The third-order valence-electron chi connectivity index (χ3n) is 3.57. The van der Waals surface area contributed by atoms with Crippen LogP contribution in [0.3, 0.4) is 0 Å². The standard InChI is InChI=1S/C14H17FN4O2S/c15-12-2-4-14(5-3-12)19-11-13(10-17-19)16-6-8-18-7-1-9-22(18,20)21/h2-5,10-11,16H,1,6-9H2. The van der Waals surface area contributed by atoms with Crippen LogP contribution in [-0.2, 0) is 10.0 Å². The lowest BCUT2D eigenvalue weighted by atomic mass is 10.3. The van der Waals surface area contributed by atoms with Crippen molar-refractivity contribution in [3.63, 3.8) is 0 Å². The van der Waals surface area contributed by atoms with E-state index in [-0.39, 0.29) is 11.6 Å². The Labute approximate surface area is 128 Å². The first-order chi connectivity index (χ1) is 10.5. The zero-order valence-electron chi connectivity index (χ0n) is 11.9. The van der Waals surface area contributed by atoms with Gasteiger partial charge in [0.2, 0.25) is 10.0 Å². The SMILES string of the molecule is O=S1(=O)CCCN1CCNc1cnn(-c2ccc(F)cc2)c1. The molecule has 0 radical (unpaired) electrons. The molecule has 0 aliphatic carbocycles. The second kappa shape index (κ2) is 6.05. The molecule has 2 heterocycles. The summed E-state index contributed by atoms with van der Waals surface area (Å²) in [6.07, 6.45) is 4.14. The lowest BCUT2D eigenvalue weighted by Gasteiger charge is -2.14. The van der Waals surface area contributed by atoms with Crippen LogP contribution in [0.5, 0.6) is 0 Å². The average Bonchev–Trinajstić information content (AvgIpc) is 3.07. The smallest absolute Gasteiger partial charge is 0.214 e. The zero-order valence-corrected chi connectivity index (χ0v) is 12.8. The molecule has 1 aliphatic heterocycles. The first-order valence-corrected chi connectivity index (χ1v) is 8.68. The van der Waals surface area contributed by atoms with Gasteiger partial charge in [-0.3, -0.25) is 0 Å². The number of benzene rings is 1. The van der Waals surface area contributed by atoms with Crippen molar-refractivity contribution in [2.45, 2.75) is 6.42 Å². The maximum atomic E-state index is 12.9. The lowest BCUT2D eigenvalue weighted by Crippen LogP contribution is -2.30. The van der Waals surface area contributed by atoms with Crippen LogP contribution >= 0.6 is 0 Å². The highest BCUT2D eigenvalue weighted by Crippen LogP contribution is 2.14. The van der Waals surface area contributed by atoms with Crippen LogP contribution in [0.2, 0.25) is 0 Å². The number of sulfonamides is 1. The number of rotatable bonds is 5. The normalized spacial score (nSPS) is 17.7. The van der Waals surface area contributed by atoms with E-state index in [1.165, 1.54) is 16.4 Å². The van der Waals surface area contributed by atoms with Crippen LogP contribution < -0.4 is 5.32 Å². The van der Waals surface area contributed by atoms with Crippen molar-refractivity contribution in [3.8, 4) is 5.69 Å². The van der Waals surface area contributed by atoms with E-state index in [0.717, 1.165) is 11.4 Å². The summed E-state index contributed by atoms with van der Waals surface area (Å²) >= 11 is 0. The zero-order chi connectivity index (χ0) is 15.6. The molecule has 6 nitrogen and oxygen atoms in total. The number of aromatic nitrogens is 2. The number of hydrogen-bond donors (Lipinski definition) is 1. The molecule has 1 saturated heterocycles. The van der Waals surface area contributed by atoms with E-state index in [0.29, 0.717) is 26.1 Å². The van der Waals surface area contributed by atoms with Gasteiger partial charge in [-0.05, 0) is 30.7 Å². The van der Waals surface area contributed by atoms with Crippen LogP contribution in [-0.4, -0.2) is 47.9 Å². The molecule has 1 aromatic heterocycles. The predicted octanol–water partition coefficient (Wildman–Crippen LogP) is 1.46. The van der Waals surface area contributed by atoms with Gasteiger partial charge in [0.15, 0.2) is 0 Å². The van der Waals surface area contributed by atoms with Gasteiger partial charge in [0.25, 0.3) is 0 Å². The van der Waals surface area contributed by atoms with Gasteiger partial charge in [-0.2, -0.15) is 5.10 Å². The molecule has 118 valence electrons. The molecule has 0 bridgehead atoms. The number of halogens is 1. The minimum Gasteiger partial charge on any atom is -0.381 e. The second-order valence-corrected chi connectivity index (χ2v) is 7.23. The molecule has 1 fully saturated rings. The van der Waals surface area contributed by atoms with Crippen molar-refractivity contribution in [3.05, 3.63) is 42.5 Å². The van der Waals surface area contributed by atoms with Crippen LogP contribution in [0.25, 0.3) is 5.69 Å². The Morgan fingerprint density at radius 3 is 2.73 bits per heavy atom. The minimum absolute atomic E-state index is 0.246. The van der Waals surface area contributed by atoms with Crippen LogP contribution in [0.1, 0.15) is 6.42 Å². The van der Waals surface area contributed by atoms with Crippen molar-refractivity contribution in [2.24, 2.45) is 0 Å². The van der Waals surface area contributed by atoms with Gasteiger partial charge in [0.05, 0.1) is 29.5 Å². The van der Waals surface area contributed by atoms with Crippen LogP contribution in [0.4, 0.5) is 10.1 Å². The van der Waals surface area contributed by atoms with E-state index in [4.69, 9.17) is 0 Å². The van der Waals surface area contributed by atoms with Gasteiger partial charge in [0.1, 0.15) is 5.82 Å². The van der Waals surface area contributed by atoms with Crippen molar-refractivity contribution in [2.75, 3.05) is 30.7 Å². The Hall–Kier alpha value is -1.93. The molecular formula is C14H17FN4O2S. The highest BCUT2D eigenvalue weighted by molar-refractivity contribution is 7.89. The molecule has 3 rings (SSSR count). The fraction of sp³-hybridized carbons (Fsp3) is 0.357. The molecule has 0 spiro atoms. The number of nitrogens with zero attached hydrogens (tertiary/aromatic N) is 3. The second-order valence-electron chi connectivity index (χ2n) is 5.15. The number of nitrogens with one attached hydrogen (secondary N) is 1. The van der Waals surface area contributed by atoms with Gasteiger partial charge in [-0.15, -0.1) is 0 Å². The molecule has 0 saturated carbocycles. The highest BCUT2D eigenvalue weighted by atomic mass is 32.2. The molecule has 1 N–H and O–H groups in total. The Morgan fingerprint density at radius 1 is 1.27 bits per heavy atom. The fourth-order valence-electron chi connectivity index (χ4n) is 2.42. The number of anilines is 1. The summed E-state index contributed by atoms with van der Waals surface area (Å²) in [5, 5.41) is 7.34. The first kappa shape index (κ1) is 15.0. The largest absolute Gasteiger partial charge is 0.381 e. The van der Waals surface area contributed by atoms with Gasteiger partial charge < -0.3 is 5.32 Å². The summed E-state index contributed by atoms with van der Waals surface area (Å²) in [6, 6.07) is 6.04. The highest BCUT2D eigenvalue weighted by Gasteiger charge is 2.27. The Bertz CT molecular complexity index is 742. The van der Waals surface area contributed by atoms with E-state index < -0.39 is 10.0 Å². The Balaban J connectivity index is 1.57. The minimum atomic E-state index is -3.05. The monoisotopic (exact) mass is 324 g/mol. The summed E-state index contributed by atoms with van der Waals surface area (Å²) in [6.45, 7) is 1.57. The summed E-state index contributed by atoms with van der Waals surface area (Å²) in [5.41, 5.74) is 1.55. The fourth-order valence-corrected chi connectivity index (χ4v) is 3.95. The first-order valence-electron chi connectivity index (χ1n) is 7.07. The third kappa shape index (κ3) is 3.28. The molecule has 0 unspecified atom stereocenters. The number of hydrogen-bond acceptors (Lipinski definition) is 4. The maximum absolute atomic E-state index is 12.9. The van der Waals surface area contributed by atoms with Gasteiger partial charge >= 0.3 is 0 Å². The quantitative estimate of drug-likeness (QED) is 0.904. The van der Waals surface area contributed by atoms with Crippen molar-refractivity contribution >= 4 is 15.7 Å². The molecule has 0 atom stereocenters. The van der Waals surface area contributed by atoms with E-state index in [2.05, 4.69) is 10.4 Å². The molecular weight excluding hydrogens is 307 g/mol. The lowest BCUT2D eigenvalue weighted by molar-refractivity contribution is 0.456. The van der Waals surface area contributed by atoms with Crippen molar-refractivity contribution in [1.29, 1.82) is 0 Å². The van der Waals surface area contributed by atoms with Gasteiger partial charge in [0, 0.05) is 19.6 Å². The third-order valence-corrected chi connectivity index (χ3v) is 5.52. The molecule has 22 heavy (non-hydrogen) atoms. The molecule has 1 aromatic carbocycles. The summed E-state index contributed by atoms with van der Waals surface area (Å²) in [5.74, 6) is -0.0451. The summed E-state index contributed by atoms with van der Waals surface area (Å²) in [7, 11) is -3.05. The average molecular weight is 324 g/mol. The van der Waals surface area contributed by atoms with E-state index >= 15 is 0 Å². The summed E-state index contributed by atoms with van der Waals surface area (Å²) in [4.78, 5) is 0. The van der Waals surface area contributed by atoms with Crippen molar-refractivity contribution < 1.29 is 12.8 Å². The topological polar surface area (TPSA) is 67.2 Å². The van der Waals surface area contributed by atoms with Crippen LogP contribution in [0, 0.1) is 5.82 Å². The van der Waals surface area contributed by atoms with E-state index in [9.17, 15) is 12.8 Å². The molecule has 8 heteroatoms. The Morgan fingerprint density at radius 2 is 2.05 bits per heavy atom. The van der Waals surface area contributed by atoms with Crippen molar-refractivity contribution in [1.82, 2.24) is 14.1 Å². The summed E-state index contributed by atoms with van der Waals surface area (Å²) < 4.78 is 39.4. The van der Waals surface area contributed by atoms with E-state index in [1.54, 1.807) is 29.2 Å². The molecule has 1 aliphatic rings. The van der Waals surface area contributed by atoms with E-state index in [1.807, 2.05) is 0 Å². The predicted molar refractivity (Wildman–Crippen MR) is 82.0 cm³/mol. The molecule has 2 aromatic rings. The van der Waals surface area contributed by atoms with Crippen LogP contribution in [0.15, 0.2) is 36.7 Å². The Kier molecular flexibility index (Phi) is 4.12. The maximum Gasteiger partial charge on any atom is 0.214 e. The molecule has 0 amide bonds.